The molecule has 1 unspecified atom stereocenters. The standard InChI is InChI=1S/C17H22N4O2S/c1-2-14-16(24-19-18-14)17(23)21-10-8-20(9-11-21)12-15(22)13-6-4-3-5-7-13/h3-7,15,22H,2,8-12H2,1H3. The van der Waals surface area contributed by atoms with Gasteiger partial charge in [0.05, 0.1) is 11.8 Å². The Bertz CT molecular complexity index is 668. The molecule has 2 aromatic rings. The van der Waals surface area contributed by atoms with Crippen molar-refractivity contribution in [3.8, 4) is 0 Å². The van der Waals surface area contributed by atoms with Crippen LogP contribution in [0.25, 0.3) is 0 Å². The van der Waals surface area contributed by atoms with E-state index < -0.39 is 6.10 Å². The second-order valence-electron chi connectivity index (χ2n) is 5.92. The lowest BCUT2D eigenvalue weighted by Crippen LogP contribution is -2.49. The Morgan fingerprint density at radius 1 is 1.25 bits per heavy atom. The van der Waals surface area contributed by atoms with Crippen LogP contribution in [0.5, 0.6) is 0 Å². The van der Waals surface area contributed by atoms with Crippen molar-refractivity contribution in [2.75, 3.05) is 32.7 Å². The monoisotopic (exact) mass is 346 g/mol. The molecular weight excluding hydrogens is 324 g/mol. The lowest BCUT2D eigenvalue weighted by molar-refractivity contribution is 0.0530. The number of aromatic nitrogens is 2. The predicted molar refractivity (Wildman–Crippen MR) is 93.0 cm³/mol. The highest BCUT2D eigenvalue weighted by molar-refractivity contribution is 7.08. The number of piperazine rings is 1. The molecule has 3 rings (SSSR count). The summed E-state index contributed by atoms with van der Waals surface area (Å²) >= 11 is 1.18. The Hall–Kier alpha value is -1.83. The minimum absolute atomic E-state index is 0.0325. The molecule has 0 spiro atoms. The first kappa shape index (κ1) is 17.0. The van der Waals surface area contributed by atoms with E-state index in [1.807, 2.05) is 42.2 Å². The van der Waals surface area contributed by atoms with Crippen LogP contribution in [0, 0.1) is 0 Å². The van der Waals surface area contributed by atoms with Gasteiger partial charge in [-0.05, 0) is 23.5 Å². The fraction of sp³-hybridized carbons (Fsp3) is 0.471. The van der Waals surface area contributed by atoms with Crippen LogP contribution in [0.15, 0.2) is 30.3 Å². The van der Waals surface area contributed by atoms with E-state index in [1.165, 1.54) is 11.5 Å². The van der Waals surface area contributed by atoms with E-state index >= 15 is 0 Å². The van der Waals surface area contributed by atoms with E-state index in [-0.39, 0.29) is 5.91 Å². The van der Waals surface area contributed by atoms with Crippen molar-refractivity contribution >= 4 is 17.4 Å². The molecular formula is C17H22N4O2S. The highest BCUT2D eigenvalue weighted by Gasteiger charge is 2.26. The van der Waals surface area contributed by atoms with Crippen LogP contribution in [-0.2, 0) is 6.42 Å². The number of aliphatic hydroxyl groups is 1. The van der Waals surface area contributed by atoms with Crippen LogP contribution < -0.4 is 0 Å². The number of hydrogen-bond acceptors (Lipinski definition) is 6. The van der Waals surface area contributed by atoms with Crippen molar-refractivity contribution in [1.82, 2.24) is 19.4 Å². The molecule has 6 nitrogen and oxygen atoms in total. The number of β-amino-alcohol motifs (C(OH)–C–C–N with tert-alkyl or cyclic N) is 1. The van der Waals surface area contributed by atoms with Crippen LogP contribution in [0.2, 0.25) is 0 Å². The highest BCUT2D eigenvalue weighted by Crippen LogP contribution is 2.18. The normalized spacial score (nSPS) is 17.0. The molecule has 1 fully saturated rings. The Kier molecular flexibility index (Phi) is 5.55. The van der Waals surface area contributed by atoms with Gasteiger partial charge in [0.2, 0.25) is 0 Å². The zero-order valence-electron chi connectivity index (χ0n) is 13.8. The van der Waals surface area contributed by atoms with E-state index in [9.17, 15) is 9.90 Å². The number of aliphatic hydroxyl groups excluding tert-OH is 1. The molecule has 24 heavy (non-hydrogen) atoms. The van der Waals surface area contributed by atoms with Crippen LogP contribution in [0.3, 0.4) is 0 Å². The van der Waals surface area contributed by atoms with Crippen molar-refractivity contribution in [1.29, 1.82) is 0 Å². The van der Waals surface area contributed by atoms with Gasteiger partial charge in [-0.15, -0.1) is 5.10 Å². The van der Waals surface area contributed by atoms with E-state index in [0.29, 0.717) is 24.5 Å². The molecule has 2 heterocycles. The van der Waals surface area contributed by atoms with Crippen molar-refractivity contribution in [3.63, 3.8) is 0 Å². The first-order valence-electron chi connectivity index (χ1n) is 8.25. The van der Waals surface area contributed by atoms with Crippen molar-refractivity contribution in [2.45, 2.75) is 19.4 Å². The number of carbonyl (C=O) groups excluding carboxylic acids is 1. The topological polar surface area (TPSA) is 69.6 Å². The molecule has 0 bridgehead atoms. The zero-order valence-corrected chi connectivity index (χ0v) is 14.6. The summed E-state index contributed by atoms with van der Waals surface area (Å²) < 4.78 is 3.90. The molecule has 0 aliphatic carbocycles. The van der Waals surface area contributed by atoms with Gasteiger partial charge >= 0.3 is 0 Å². The number of carbonyl (C=O) groups is 1. The molecule has 0 radical (unpaired) electrons. The van der Waals surface area contributed by atoms with Gasteiger partial charge in [0.1, 0.15) is 4.88 Å². The summed E-state index contributed by atoms with van der Waals surface area (Å²) in [6.07, 6.45) is 0.228. The lowest BCUT2D eigenvalue weighted by Gasteiger charge is -2.35. The maximum absolute atomic E-state index is 12.6. The summed E-state index contributed by atoms with van der Waals surface area (Å²) in [5.74, 6) is 0.0325. The predicted octanol–water partition coefficient (Wildman–Crippen LogP) is 1.59. The van der Waals surface area contributed by atoms with Gasteiger partial charge in [-0.25, -0.2) is 0 Å². The third kappa shape index (κ3) is 3.80. The van der Waals surface area contributed by atoms with Crippen molar-refractivity contribution < 1.29 is 9.90 Å². The summed E-state index contributed by atoms with van der Waals surface area (Å²) in [6, 6.07) is 9.69. The third-order valence-electron chi connectivity index (χ3n) is 4.36. The summed E-state index contributed by atoms with van der Waals surface area (Å²) in [5, 5.41) is 14.3. The Morgan fingerprint density at radius 2 is 1.96 bits per heavy atom. The van der Waals surface area contributed by atoms with Gasteiger partial charge in [-0.2, -0.15) is 0 Å². The van der Waals surface area contributed by atoms with Crippen LogP contribution in [0.1, 0.15) is 34.0 Å². The molecule has 1 atom stereocenters. The summed E-state index contributed by atoms with van der Waals surface area (Å²) in [5.41, 5.74) is 1.71. The second-order valence-corrected chi connectivity index (χ2v) is 6.68. The third-order valence-corrected chi connectivity index (χ3v) is 5.12. The van der Waals surface area contributed by atoms with Crippen molar-refractivity contribution in [3.05, 3.63) is 46.5 Å². The minimum Gasteiger partial charge on any atom is -0.387 e. The molecule has 1 aromatic carbocycles. The summed E-state index contributed by atoms with van der Waals surface area (Å²) in [4.78, 5) is 17.3. The number of benzene rings is 1. The van der Waals surface area contributed by atoms with Gasteiger partial charge in [0, 0.05) is 32.7 Å². The number of hydrogen-bond donors (Lipinski definition) is 1. The largest absolute Gasteiger partial charge is 0.387 e. The van der Waals surface area contributed by atoms with E-state index in [4.69, 9.17) is 0 Å². The molecule has 128 valence electrons. The first-order chi connectivity index (χ1) is 11.7. The lowest BCUT2D eigenvalue weighted by atomic mass is 10.1. The van der Waals surface area contributed by atoms with E-state index in [1.54, 1.807) is 0 Å². The molecule has 1 N–H and O–H groups in total. The molecule has 1 aromatic heterocycles. The summed E-state index contributed by atoms with van der Waals surface area (Å²) in [6.45, 7) is 5.44. The van der Waals surface area contributed by atoms with Gasteiger partial charge in [-0.3, -0.25) is 9.69 Å². The van der Waals surface area contributed by atoms with Gasteiger partial charge < -0.3 is 10.0 Å². The van der Waals surface area contributed by atoms with Crippen molar-refractivity contribution in [2.24, 2.45) is 0 Å². The van der Waals surface area contributed by atoms with Gasteiger partial charge in [-0.1, -0.05) is 41.7 Å². The van der Waals surface area contributed by atoms with Crippen LogP contribution in [-0.4, -0.2) is 63.1 Å². The second kappa shape index (κ2) is 7.83. The van der Waals surface area contributed by atoms with Crippen LogP contribution >= 0.6 is 11.5 Å². The Morgan fingerprint density at radius 3 is 2.62 bits per heavy atom. The number of aryl methyl sites for hydroxylation is 1. The summed E-state index contributed by atoms with van der Waals surface area (Å²) in [7, 11) is 0. The molecule has 1 aliphatic rings. The maximum atomic E-state index is 12.6. The number of amides is 1. The number of nitrogens with zero attached hydrogens (tertiary/aromatic N) is 4. The average molecular weight is 346 g/mol. The Balaban J connectivity index is 1.53. The van der Waals surface area contributed by atoms with Gasteiger partial charge in [0.25, 0.3) is 5.91 Å². The molecule has 1 saturated heterocycles. The molecule has 1 amide bonds. The first-order valence-corrected chi connectivity index (χ1v) is 9.02. The fourth-order valence-electron chi connectivity index (χ4n) is 2.90. The molecule has 0 saturated carbocycles. The zero-order chi connectivity index (χ0) is 16.9. The van der Waals surface area contributed by atoms with E-state index in [0.717, 1.165) is 30.8 Å². The van der Waals surface area contributed by atoms with Crippen LogP contribution in [0.4, 0.5) is 0 Å². The van der Waals surface area contributed by atoms with Gasteiger partial charge in [0.15, 0.2) is 0 Å². The minimum atomic E-state index is -0.495. The maximum Gasteiger partial charge on any atom is 0.267 e. The Labute approximate surface area is 145 Å². The smallest absolute Gasteiger partial charge is 0.267 e. The fourth-order valence-corrected chi connectivity index (χ4v) is 3.62. The molecule has 7 heteroatoms. The molecule has 1 aliphatic heterocycles. The van der Waals surface area contributed by atoms with E-state index in [2.05, 4.69) is 14.5 Å². The average Bonchev–Trinajstić information content (AvgIpc) is 3.11. The number of rotatable bonds is 5. The SMILES string of the molecule is CCc1nnsc1C(=O)N1CCN(CC(O)c2ccccc2)CC1. The quantitative estimate of drug-likeness (QED) is 0.890. The highest BCUT2D eigenvalue weighted by atomic mass is 32.1.